The highest BCUT2D eigenvalue weighted by Gasteiger charge is 2.21. The van der Waals surface area contributed by atoms with Crippen LogP contribution in [0.3, 0.4) is 0 Å². The van der Waals surface area contributed by atoms with E-state index in [4.69, 9.17) is 0 Å². The number of nitrogens with one attached hydrogen (secondary N) is 1. The van der Waals surface area contributed by atoms with Crippen LogP contribution in [0, 0.1) is 11.6 Å². The van der Waals surface area contributed by atoms with Crippen molar-refractivity contribution in [2.24, 2.45) is 0 Å². The van der Waals surface area contributed by atoms with Crippen molar-refractivity contribution in [3.8, 4) is 0 Å². The first-order valence-electron chi connectivity index (χ1n) is 9.77. The summed E-state index contributed by atoms with van der Waals surface area (Å²) in [7, 11) is 0. The molecule has 0 bridgehead atoms. The largest absolute Gasteiger partial charge is 0.367 e. The summed E-state index contributed by atoms with van der Waals surface area (Å²) in [6.45, 7) is 1.29. The van der Waals surface area contributed by atoms with Crippen molar-refractivity contribution in [2.45, 2.75) is 23.5 Å². The van der Waals surface area contributed by atoms with Crippen LogP contribution >= 0.6 is 11.8 Å². The SMILES string of the molecule is O=C(Nc1cc(F)c(N2CCCC2)c(F)c1)c1ccc(SCc2cccnc2)cc1. The number of thioether (sulfide) groups is 1. The van der Waals surface area contributed by atoms with Crippen molar-refractivity contribution >= 4 is 29.0 Å². The third-order valence-corrected chi connectivity index (χ3v) is 6.03. The molecular weight excluding hydrogens is 404 g/mol. The molecule has 4 nitrogen and oxygen atoms in total. The maximum absolute atomic E-state index is 14.5. The van der Waals surface area contributed by atoms with Gasteiger partial charge in [-0.3, -0.25) is 9.78 Å². The lowest BCUT2D eigenvalue weighted by molar-refractivity contribution is 0.102. The first kappa shape index (κ1) is 20.3. The molecule has 2 aromatic carbocycles. The Kier molecular flexibility index (Phi) is 6.28. The third-order valence-electron chi connectivity index (χ3n) is 4.94. The Bertz CT molecular complexity index is 999. The maximum Gasteiger partial charge on any atom is 0.255 e. The summed E-state index contributed by atoms with van der Waals surface area (Å²) in [6, 6.07) is 13.4. The fourth-order valence-electron chi connectivity index (χ4n) is 3.44. The van der Waals surface area contributed by atoms with Gasteiger partial charge < -0.3 is 10.2 Å². The van der Waals surface area contributed by atoms with Crippen LogP contribution in [-0.4, -0.2) is 24.0 Å². The number of carbonyl (C=O) groups excluding carboxylic acids is 1. The van der Waals surface area contributed by atoms with Crippen molar-refractivity contribution in [1.29, 1.82) is 0 Å². The third kappa shape index (κ3) is 4.79. The van der Waals surface area contributed by atoms with Gasteiger partial charge in [0.2, 0.25) is 0 Å². The molecule has 0 atom stereocenters. The van der Waals surface area contributed by atoms with E-state index < -0.39 is 17.5 Å². The summed E-state index contributed by atoms with van der Waals surface area (Å²) in [6.07, 6.45) is 5.41. The topological polar surface area (TPSA) is 45.2 Å². The Balaban J connectivity index is 1.40. The van der Waals surface area contributed by atoms with Crippen LogP contribution in [0.1, 0.15) is 28.8 Å². The maximum atomic E-state index is 14.5. The summed E-state index contributed by atoms with van der Waals surface area (Å²) in [5.74, 6) is -0.948. The van der Waals surface area contributed by atoms with E-state index in [-0.39, 0.29) is 11.4 Å². The molecule has 0 spiro atoms. The van der Waals surface area contributed by atoms with E-state index in [0.29, 0.717) is 18.7 Å². The van der Waals surface area contributed by atoms with E-state index in [0.717, 1.165) is 29.1 Å². The molecule has 4 rings (SSSR count). The number of nitrogens with zero attached hydrogens (tertiary/aromatic N) is 2. The molecule has 1 aliphatic heterocycles. The minimum Gasteiger partial charge on any atom is -0.367 e. The molecule has 1 fully saturated rings. The van der Waals surface area contributed by atoms with Crippen molar-refractivity contribution in [1.82, 2.24) is 4.98 Å². The molecule has 1 aliphatic rings. The summed E-state index contributed by atoms with van der Waals surface area (Å²) < 4.78 is 28.9. The number of benzene rings is 2. The van der Waals surface area contributed by atoms with E-state index in [1.807, 2.05) is 30.5 Å². The number of amides is 1. The van der Waals surface area contributed by atoms with E-state index in [1.54, 1.807) is 35.0 Å². The Morgan fingerprint density at radius 2 is 1.77 bits per heavy atom. The molecule has 1 N–H and O–H groups in total. The summed E-state index contributed by atoms with van der Waals surface area (Å²) in [5, 5.41) is 2.58. The van der Waals surface area contributed by atoms with Crippen LogP contribution in [0.4, 0.5) is 20.2 Å². The van der Waals surface area contributed by atoms with Gasteiger partial charge >= 0.3 is 0 Å². The zero-order valence-electron chi connectivity index (χ0n) is 16.3. The van der Waals surface area contributed by atoms with Gasteiger partial charge in [-0.25, -0.2) is 8.78 Å². The molecule has 1 saturated heterocycles. The van der Waals surface area contributed by atoms with Gasteiger partial charge in [0.1, 0.15) is 5.69 Å². The lowest BCUT2D eigenvalue weighted by Crippen LogP contribution is -2.21. The molecule has 7 heteroatoms. The highest BCUT2D eigenvalue weighted by atomic mass is 32.2. The van der Waals surface area contributed by atoms with Crippen LogP contribution in [0.15, 0.2) is 65.8 Å². The molecule has 0 radical (unpaired) electrons. The van der Waals surface area contributed by atoms with Crippen molar-refractivity contribution in [2.75, 3.05) is 23.3 Å². The fraction of sp³-hybridized carbons (Fsp3) is 0.217. The van der Waals surface area contributed by atoms with Crippen molar-refractivity contribution in [3.05, 3.63) is 83.7 Å². The minimum atomic E-state index is -0.658. The molecule has 0 unspecified atom stereocenters. The molecule has 2 heterocycles. The second-order valence-electron chi connectivity index (χ2n) is 7.11. The Morgan fingerprint density at radius 3 is 2.40 bits per heavy atom. The molecule has 154 valence electrons. The zero-order chi connectivity index (χ0) is 20.9. The quantitative estimate of drug-likeness (QED) is 0.530. The van der Waals surface area contributed by atoms with Gasteiger partial charge in [0.15, 0.2) is 11.6 Å². The predicted molar refractivity (Wildman–Crippen MR) is 116 cm³/mol. The van der Waals surface area contributed by atoms with E-state index in [9.17, 15) is 13.6 Å². The van der Waals surface area contributed by atoms with Gasteiger partial charge in [-0.05, 0) is 60.9 Å². The minimum absolute atomic E-state index is 0.0134. The van der Waals surface area contributed by atoms with Crippen LogP contribution in [0.2, 0.25) is 0 Å². The van der Waals surface area contributed by atoms with Crippen LogP contribution in [-0.2, 0) is 5.75 Å². The predicted octanol–water partition coefficient (Wildman–Crippen LogP) is 5.50. The highest BCUT2D eigenvalue weighted by molar-refractivity contribution is 7.98. The summed E-state index contributed by atoms with van der Waals surface area (Å²) >= 11 is 1.64. The fourth-order valence-corrected chi connectivity index (χ4v) is 4.27. The number of anilines is 2. The molecular formula is C23H21F2N3OS. The van der Waals surface area contributed by atoms with Crippen molar-refractivity contribution < 1.29 is 13.6 Å². The molecule has 0 saturated carbocycles. The normalized spacial score (nSPS) is 13.5. The standard InChI is InChI=1S/C23H21F2N3OS/c24-20-12-18(13-21(25)22(20)28-10-1-2-11-28)27-23(29)17-5-7-19(8-6-17)30-15-16-4-3-9-26-14-16/h3-9,12-14H,1-2,10-11,15H2,(H,27,29). The number of carbonyl (C=O) groups is 1. The Labute approximate surface area is 178 Å². The first-order chi connectivity index (χ1) is 14.6. The van der Waals surface area contributed by atoms with Crippen molar-refractivity contribution in [3.63, 3.8) is 0 Å². The summed E-state index contributed by atoms with van der Waals surface area (Å²) in [4.78, 5) is 19.3. The number of hydrogen-bond donors (Lipinski definition) is 1. The van der Waals surface area contributed by atoms with Crippen LogP contribution in [0.5, 0.6) is 0 Å². The van der Waals surface area contributed by atoms with Gasteiger partial charge in [0.25, 0.3) is 5.91 Å². The van der Waals surface area contributed by atoms with E-state index in [2.05, 4.69) is 10.3 Å². The molecule has 0 aliphatic carbocycles. The average Bonchev–Trinajstić information content (AvgIpc) is 3.27. The van der Waals surface area contributed by atoms with Gasteiger partial charge in [-0.1, -0.05) is 6.07 Å². The molecule has 30 heavy (non-hydrogen) atoms. The highest BCUT2D eigenvalue weighted by Crippen LogP contribution is 2.30. The Hall–Kier alpha value is -2.93. The second kappa shape index (κ2) is 9.26. The van der Waals surface area contributed by atoms with Gasteiger partial charge in [-0.2, -0.15) is 0 Å². The summed E-state index contributed by atoms with van der Waals surface area (Å²) in [5.41, 5.74) is 1.63. The first-order valence-corrected chi connectivity index (χ1v) is 10.8. The van der Waals surface area contributed by atoms with Gasteiger partial charge in [0.05, 0.1) is 0 Å². The molecule has 1 amide bonds. The van der Waals surface area contributed by atoms with E-state index >= 15 is 0 Å². The number of rotatable bonds is 6. The molecule has 3 aromatic rings. The van der Waals surface area contributed by atoms with Crippen LogP contribution < -0.4 is 10.2 Å². The van der Waals surface area contributed by atoms with Gasteiger partial charge in [0, 0.05) is 47.4 Å². The lowest BCUT2D eigenvalue weighted by Gasteiger charge is -2.19. The van der Waals surface area contributed by atoms with Crippen LogP contribution in [0.25, 0.3) is 0 Å². The Morgan fingerprint density at radius 1 is 1.07 bits per heavy atom. The average molecular weight is 426 g/mol. The number of hydrogen-bond acceptors (Lipinski definition) is 4. The number of pyridine rings is 1. The number of aromatic nitrogens is 1. The molecule has 1 aromatic heterocycles. The number of halogens is 2. The zero-order valence-corrected chi connectivity index (χ0v) is 17.1. The van der Waals surface area contributed by atoms with Gasteiger partial charge in [-0.15, -0.1) is 11.8 Å². The smallest absolute Gasteiger partial charge is 0.255 e. The van der Waals surface area contributed by atoms with E-state index in [1.165, 1.54) is 12.1 Å². The monoisotopic (exact) mass is 425 g/mol. The second-order valence-corrected chi connectivity index (χ2v) is 8.16. The lowest BCUT2D eigenvalue weighted by atomic mass is 10.2.